The molecule has 0 bridgehead atoms. The maximum absolute atomic E-state index is 12.4. The van der Waals surface area contributed by atoms with Crippen molar-refractivity contribution in [3.8, 4) is 5.75 Å². The molecule has 3 aromatic carbocycles. The van der Waals surface area contributed by atoms with E-state index < -0.39 is 5.97 Å². The van der Waals surface area contributed by atoms with Crippen molar-refractivity contribution in [2.75, 3.05) is 38.2 Å². The van der Waals surface area contributed by atoms with Crippen molar-refractivity contribution in [3.63, 3.8) is 0 Å². The highest BCUT2D eigenvalue weighted by atomic mass is 16.5. The molecule has 0 atom stereocenters. The number of nitrogens with zero attached hydrogens (tertiary/aromatic N) is 3. The van der Waals surface area contributed by atoms with Gasteiger partial charge in [-0.25, -0.2) is 10.2 Å². The number of amides is 1. The molecular weight excluding hydrogens is 444 g/mol. The number of anilines is 1. The second-order valence-electron chi connectivity index (χ2n) is 8.26. The lowest BCUT2D eigenvalue weighted by Gasteiger charge is -2.36. The first-order valence-corrected chi connectivity index (χ1v) is 11.4. The van der Waals surface area contributed by atoms with Crippen molar-refractivity contribution in [2.24, 2.45) is 5.10 Å². The average Bonchev–Trinajstić information content (AvgIpc) is 2.90. The minimum absolute atomic E-state index is 0.199. The summed E-state index contributed by atoms with van der Waals surface area (Å²) in [6, 6.07) is 21.9. The Morgan fingerprint density at radius 1 is 0.943 bits per heavy atom. The second kappa shape index (κ2) is 11.3. The lowest BCUT2D eigenvalue weighted by Crippen LogP contribution is -2.46. The van der Waals surface area contributed by atoms with Crippen molar-refractivity contribution >= 4 is 23.8 Å². The van der Waals surface area contributed by atoms with Gasteiger partial charge >= 0.3 is 5.97 Å². The molecule has 0 saturated carbocycles. The number of piperazine rings is 1. The van der Waals surface area contributed by atoms with Gasteiger partial charge in [-0.05, 0) is 47.5 Å². The molecule has 180 valence electrons. The van der Waals surface area contributed by atoms with Gasteiger partial charge in [-0.15, -0.1) is 0 Å². The lowest BCUT2D eigenvalue weighted by atomic mass is 10.1. The lowest BCUT2D eigenvalue weighted by molar-refractivity contribution is 0.0696. The number of carbonyl (C=O) groups excluding carboxylic acids is 1. The fraction of sp³-hybridized carbons (Fsp3) is 0.222. The largest absolute Gasteiger partial charge is 0.495 e. The van der Waals surface area contributed by atoms with Crippen LogP contribution in [0.25, 0.3) is 0 Å². The van der Waals surface area contributed by atoms with E-state index in [0.29, 0.717) is 11.1 Å². The number of hydrogen-bond donors (Lipinski definition) is 2. The number of nitrogens with one attached hydrogen (secondary N) is 1. The molecule has 1 saturated heterocycles. The highest BCUT2D eigenvalue weighted by Crippen LogP contribution is 2.28. The van der Waals surface area contributed by atoms with Crippen molar-refractivity contribution in [1.82, 2.24) is 10.3 Å². The first-order chi connectivity index (χ1) is 17.0. The van der Waals surface area contributed by atoms with Gasteiger partial charge in [-0.1, -0.05) is 36.4 Å². The highest BCUT2D eigenvalue weighted by molar-refractivity contribution is 5.95. The molecule has 0 aromatic heterocycles. The Balaban J connectivity index is 1.26. The van der Waals surface area contributed by atoms with Crippen LogP contribution in [0.15, 0.2) is 77.9 Å². The van der Waals surface area contributed by atoms with E-state index in [4.69, 9.17) is 9.84 Å². The van der Waals surface area contributed by atoms with Crippen LogP contribution in [-0.4, -0.2) is 61.4 Å². The number of hydrazone groups is 1. The van der Waals surface area contributed by atoms with Crippen LogP contribution in [0.1, 0.15) is 31.8 Å². The van der Waals surface area contributed by atoms with Gasteiger partial charge in [0.05, 0.1) is 24.6 Å². The zero-order valence-corrected chi connectivity index (χ0v) is 19.6. The zero-order chi connectivity index (χ0) is 24.6. The van der Waals surface area contributed by atoms with Crippen LogP contribution in [0.4, 0.5) is 5.69 Å². The molecule has 1 heterocycles. The van der Waals surface area contributed by atoms with E-state index in [1.54, 1.807) is 31.4 Å². The van der Waals surface area contributed by atoms with Gasteiger partial charge in [0.25, 0.3) is 5.91 Å². The number of para-hydroxylation sites is 2. The summed E-state index contributed by atoms with van der Waals surface area (Å²) in [5.41, 5.74) is 6.19. The molecule has 1 fully saturated rings. The Bertz CT molecular complexity index is 1180. The molecular formula is C27H28N4O4. The molecule has 8 nitrogen and oxygen atoms in total. The summed E-state index contributed by atoms with van der Waals surface area (Å²) in [6.07, 6.45) is 1.47. The van der Waals surface area contributed by atoms with Crippen LogP contribution in [0, 0.1) is 0 Å². The number of rotatable bonds is 8. The molecule has 0 spiro atoms. The van der Waals surface area contributed by atoms with E-state index >= 15 is 0 Å². The first kappa shape index (κ1) is 24.0. The molecule has 3 aromatic rings. The Hall–Kier alpha value is -4.17. The standard InChI is InChI=1S/C27H28N4O4/c1-35-25-5-3-2-4-24(25)31-16-14-30(15-17-31)19-21-8-10-22(11-9-21)26(32)29-28-18-20-6-12-23(13-7-20)27(33)34/h2-13,18H,14-17,19H2,1H3,(H,29,32)(H,33,34). The SMILES string of the molecule is COc1ccccc1N1CCN(Cc2ccc(C(=O)NN=Cc3ccc(C(=O)O)cc3)cc2)CC1. The second-order valence-corrected chi connectivity index (χ2v) is 8.26. The number of ether oxygens (including phenoxy) is 1. The summed E-state index contributed by atoms with van der Waals surface area (Å²) < 4.78 is 5.49. The van der Waals surface area contributed by atoms with E-state index in [0.717, 1.165) is 49.7 Å². The Labute approximate surface area is 204 Å². The highest BCUT2D eigenvalue weighted by Gasteiger charge is 2.19. The summed E-state index contributed by atoms with van der Waals surface area (Å²) in [7, 11) is 1.70. The minimum atomic E-state index is -0.986. The molecule has 8 heteroatoms. The van der Waals surface area contributed by atoms with Crippen molar-refractivity contribution < 1.29 is 19.4 Å². The fourth-order valence-corrected chi connectivity index (χ4v) is 4.00. The number of aromatic carboxylic acids is 1. The predicted octanol–water partition coefficient (Wildman–Crippen LogP) is 3.48. The maximum Gasteiger partial charge on any atom is 0.335 e. The third kappa shape index (κ3) is 6.24. The Morgan fingerprint density at radius 2 is 1.60 bits per heavy atom. The third-order valence-corrected chi connectivity index (χ3v) is 5.96. The number of hydrogen-bond acceptors (Lipinski definition) is 6. The minimum Gasteiger partial charge on any atom is -0.495 e. The first-order valence-electron chi connectivity index (χ1n) is 11.4. The molecule has 1 amide bonds. The van der Waals surface area contributed by atoms with Gasteiger partial charge in [0.1, 0.15) is 5.75 Å². The number of carboxylic acid groups (broad SMARTS) is 1. The van der Waals surface area contributed by atoms with Crippen molar-refractivity contribution in [1.29, 1.82) is 0 Å². The topological polar surface area (TPSA) is 94.5 Å². The number of benzene rings is 3. The number of carbonyl (C=O) groups is 2. The van der Waals surface area contributed by atoms with E-state index in [1.807, 2.05) is 30.3 Å². The van der Waals surface area contributed by atoms with Crippen molar-refractivity contribution in [3.05, 3.63) is 95.1 Å². The van der Waals surface area contributed by atoms with E-state index in [1.165, 1.54) is 18.3 Å². The Kier molecular flexibility index (Phi) is 7.74. The quantitative estimate of drug-likeness (QED) is 0.385. The number of carboxylic acids is 1. The molecule has 4 rings (SSSR count). The fourth-order valence-electron chi connectivity index (χ4n) is 4.00. The van der Waals surface area contributed by atoms with E-state index in [9.17, 15) is 9.59 Å². The van der Waals surface area contributed by atoms with Gasteiger partial charge in [0.15, 0.2) is 0 Å². The normalized spacial score (nSPS) is 14.1. The van der Waals surface area contributed by atoms with Crippen molar-refractivity contribution in [2.45, 2.75) is 6.54 Å². The van der Waals surface area contributed by atoms with Gasteiger partial charge in [0, 0.05) is 38.3 Å². The molecule has 0 radical (unpaired) electrons. The summed E-state index contributed by atoms with van der Waals surface area (Å²) in [5.74, 6) is -0.393. The zero-order valence-electron chi connectivity index (χ0n) is 19.6. The molecule has 2 N–H and O–H groups in total. The summed E-state index contributed by atoms with van der Waals surface area (Å²) in [4.78, 5) is 28.0. The molecule has 0 aliphatic carbocycles. The van der Waals surface area contributed by atoms with E-state index in [-0.39, 0.29) is 11.5 Å². The summed E-state index contributed by atoms with van der Waals surface area (Å²) in [6.45, 7) is 4.58. The molecule has 0 unspecified atom stereocenters. The molecule has 35 heavy (non-hydrogen) atoms. The third-order valence-electron chi connectivity index (χ3n) is 5.96. The van der Waals surface area contributed by atoms with Crippen LogP contribution in [0.3, 0.4) is 0 Å². The van der Waals surface area contributed by atoms with Crippen LogP contribution >= 0.6 is 0 Å². The van der Waals surface area contributed by atoms with Gasteiger partial charge in [-0.2, -0.15) is 5.10 Å². The van der Waals surface area contributed by atoms with Gasteiger partial charge in [0.2, 0.25) is 0 Å². The smallest absolute Gasteiger partial charge is 0.335 e. The van der Waals surface area contributed by atoms with Crippen LogP contribution < -0.4 is 15.1 Å². The monoisotopic (exact) mass is 472 g/mol. The van der Waals surface area contributed by atoms with Crippen LogP contribution in [-0.2, 0) is 6.54 Å². The van der Waals surface area contributed by atoms with E-state index in [2.05, 4.69) is 26.4 Å². The summed E-state index contributed by atoms with van der Waals surface area (Å²) in [5, 5.41) is 12.9. The predicted molar refractivity (Wildman–Crippen MR) is 135 cm³/mol. The molecule has 1 aliphatic heterocycles. The maximum atomic E-state index is 12.4. The summed E-state index contributed by atoms with van der Waals surface area (Å²) >= 11 is 0. The van der Waals surface area contributed by atoms with Gasteiger partial charge < -0.3 is 14.7 Å². The number of methoxy groups -OCH3 is 1. The van der Waals surface area contributed by atoms with Crippen LogP contribution in [0.2, 0.25) is 0 Å². The van der Waals surface area contributed by atoms with Gasteiger partial charge in [-0.3, -0.25) is 9.69 Å². The average molecular weight is 473 g/mol. The Morgan fingerprint density at radius 3 is 2.26 bits per heavy atom. The molecule has 1 aliphatic rings. The van der Waals surface area contributed by atoms with Crippen LogP contribution in [0.5, 0.6) is 5.75 Å².